The van der Waals surface area contributed by atoms with Gasteiger partial charge in [0.1, 0.15) is 16.5 Å². The van der Waals surface area contributed by atoms with Crippen LogP contribution < -0.4 is 4.72 Å². The summed E-state index contributed by atoms with van der Waals surface area (Å²) in [6.45, 7) is 3.88. The van der Waals surface area contributed by atoms with Gasteiger partial charge in [-0.25, -0.2) is 17.2 Å². The second-order valence-corrected chi connectivity index (χ2v) is 7.48. The highest BCUT2D eigenvalue weighted by Crippen LogP contribution is 2.19. The minimum atomic E-state index is -4.33. The first kappa shape index (κ1) is 17.8. The van der Waals surface area contributed by atoms with E-state index in [0.29, 0.717) is 12.6 Å². The van der Waals surface area contributed by atoms with Crippen molar-refractivity contribution in [2.24, 2.45) is 0 Å². The second-order valence-electron chi connectivity index (χ2n) is 5.79. The van der Waals surface area contributed by atoms with E-state index in [9.17, 15) is 22.0 Å². The highest BCUT2D eigenvalue weighted by Gasteiger charge is 2.30. The Morgan fingerprint density at radius 3 is 2.70 bits per heavy atom. The summed E-state index contributed by atoms with van der Waals surface area (Å²) in [5.41, 5.74) is 0. The number of rotatable bonds is 4. The lowest BCUT2D eigenvalue weighted by atomic mass is 10.0. The van der Waals surface area contributed by atoms with Crippen LogP contribution in [0.5, 0.6) is 0 Å². The second kappa shape index (κ2) is 6.92. The number of nitrogens with zero attached hydrogens (tertiary/aromatic N) is 1. The van der Waals surface area contributed by atoms with E-state index in [1.54, 1.807) is 4.90 Å². The van der Waals surface area contributed by atoms with Gasteiger partial charge in [-0.3, -0.25) is 4.79 Å². The van der Waals surface area contributed by atoms with E-state index < -0.39 is 32.6 Å². The van der Waals surface area contributed by atoms with Gasteiger partial charge in [-0.1, -0.05) is 0 Å². The van der Waals surface area contributed by atoms with Gasteiger partial charge in [0.2, 0.25) is 15.9 Å². The fourth-order valence-corrected chi connectivity index (χ4v) is 3.99. The molecule has 1 N–H and O–H groups in total. The van der Waals surface area contributed by atoms with Gasteiger partial charge < -0.3 is 4.90 Å². The van der Waals surface area contributed by atoms with Gasteiger partial charge in [-0.05, 0) is 51.3 Å². The number of hydrogen-bond donors (Lipinski definition) is 1. The summed E-state index contributed by atoms with van der Waals surface area (Å²) in [6.07, 6.45) is 2.76. The average molecular weight is 346 g/mol. The maximum absolute atomic E-state index is 13.7. The SMILES string of the molecule is C[C@@H](NS(=O)(=O)c1cc(F)ccc1F)C(=O)N1CCCC[C@@H]1C. The maximum Gasteiger partial charge on any atom is 0.244 e. The third-order valence-electron chi connectivity index (χ3n) is 3.97. The van der Waals surface area contributed by atoms with Crippen LogP contribution in [-0.2, 0) is 14.8 Å². The molecule has 5 nitrogen and oxygen atoms in total. The van der Waals surface area contributed by atoms with Crippen molar-refractivity contribution < 1.29 is 22.0 Å². The third kappa shape index (κ3) is 4.06. The first-order chi connectivity index (χ1) is 10.7. The predicted molar refractivity (Wildman–Crippen MR) is 81.2 cm³/mol. The number of sulfonamides is 1. The van der Waals surface area contributed by atoms with E-state index in [0.717, 1.165) is 31.4 Å². The standard InChI is InChI=1S/C15H20F2N2O3S/c1-10-5-3-4-8-19(10)15(20)11(2)18-23(21,22)14-9-12(16)6-7-13(14)17/h6-7,9-11,18H,3-5,8H2,1-2H3/t10-,11+/m0/s1. The van der Waals surface area contributed by atoms with E-state index in [1.165, 1.54) is 6.92 Å². The summed E-state index contributed by atoms with van der Waals surface area (Å²) in [7, 11) is -4.33. The molecule has 1 fully saturated rings. The third-order valence-corrected chi connectivity index (χ3v) is 5.53. The Morgan fingerprint density at radius 1 is 1.35 bits per heavy atom. The van der Waals surface area contributed by atoms with Crippen LogP contribution in [0.25, 0.3) is 0 Å². The molecule has 0 bridgehead atoms. The number of hydrogen-bond acceptors (Lipinski definition) is 3. The van der Waals surface area contributed by atoms with Crippen LogP contribution in [0, 0.1) is 11.6 Å². The zero-order valence-electron chi connectivity index (χ0n) is 13.1. The number of carbonyl (C=O) groups is 1. The Labute approximate surface area is 134 Å². The van der Waals surface area contributed by atoms with Gasteiger partial charge in [0.05, 0.1) is 6.04 Å². The number of likely N-dealkylation sites (tertiary alicyclic amines) is 1. The fraction of sp³-hybridized carbons (Fsp3) is 0.533. The van der Waals surface area contributed by atoms with Crippen LogP contribution in [0.1, 0.15) is 33.1 Å². The summed E-state index contributed by atoms with van der Waals surface area (Å²) in [5, 5.41) is 0. The molecule has 0 aliphatic carbocycles. The Morgan fingerprint density at radius 2 is 2.04 bits per heavy atom. The van der Waals surface area contributed by atoms with Crippen molar-refractivity contribution in [3.05, 3.63) is 29.8 Å². The quantitative estimate of drug-likeness (QED) is 0.907. The number of nitrogens with one attached hydrogen (secondary N) is 1. The molecule has 1 heterocycles. The smallest absolute Gasteiger partial charge is 0.244 e. The number of carbonyl (C=O) groups excluding carboxylic acids is 1. The summed E-state index contributed by atoms with van der Waals surface area (Å²) < 4.78 is 53.4. The fourth-order valence-electron chi connectivity index (χ4n) is 2.70. The van der Waals surface area contributed by atoms with Crippen LogP contribution in [0.2, 0.25) is 0 Å². The van der Waals surface area contributed by atoms with Crippen LogP contribution in [-0.4, -0.2) is 37.9 Å². The normalized spacial score (nSPS) is 20.3. The van der Waals surface area contributed by atoms with Crippen molar-refractivity contribution in [1.29, 1.82) is 0 Å². The molecule has 0 spiro atoms. The monoisotopic (exact) mass is 346 g/mol. The molecule has 1 aliphatic rings. The molecule has 1 aromatic rings. The molecule has 1 aliphatic heterocycles. The first-order valence-electron chi connectivity index (χ1n) is 7.50. The van der Waals surface area contributed by atoms with Gasteiger partial charge in [0, 0.05) is 12.6 Å². The molecular formula is C15H20F2N2O3S. The van der Waals surface area contributed by atoms with Crippen molar-refractivity contribution >= 4 is 15.9 Å². The summed E-state index contributed by atoms with van der Waals surface area (Å²) in [6, 6.07) is 1.15. The Kier molecular flexibility index (Phi) is 5.36. The maximum atomic E-state index is 13.7. The lowest BCUT2D eigenvalue weighted by molar-refractivity contribution is -0.135. The van der Waals surface area contributed by atoms with Gasteiger partial charge in [-0.2, -0.15) is 4.72 Å². The lowest BCUT2D eigenvalue weighted by Gasteiger charge is -2.35. The largest absolute Gasteiger partial charge is 0.339 e. The van der Waals surface area contributed by atoms with Crippen molar-refractivity contribution in [3.63, 3.8) is 0 Å². The molecule has 1 aromatic carbocycles. The van der Waals surface area contributed by atoms with Crippen LogP contribution in [0.4, 0.5) is 8.78 Å². The lowest BCUT2D eigenvalue weighted by Crippen LogP contribution is -2.51. The summed E-state index contributed by atoms with van der Waals surface area (Å²) in [5.74, 6) is -2.29. The zero-order valence-corrected chi connectivity index (χ0v) is 13.9. The van der Waals surface area contributed by atoms with E-state index in [2.05, 4.69) is 4.72 Å². The van der Waals surface area contributed by atoms with Gasteiger partial charge in [0.15, 0.2) is 0 Å². The van der Waals surface area contributed by atoms with Crippen molar-refractivity contribution in [1.82, 2.24) is 9.62 Å². The van der Waals surface area contributed by atoms with E-state index in [1.807, 2.05) is 6.92 Å². The van der Waals surface area contributed by atoms with Crippen LogP contribution in [0.15, 0.2) is 23.1 Å². The van der Waals surface area contributed by atoms with Crippen molar-refractivity contribution in [2.45, 2.75) is 50.1 Å². The number of amides is 1. The van der Waals surface area contributed by atoms with E-state index >= 15 is 0 Å². The molecule has 0 aromatic heterocycles. The minimum Gasteiger partial charge on any atom is -0.339 e. The summed E-state index contributed by atoms with van der Waals surface area (Å²) >= 11 is 0. The Bertz CT molecular complexity index is 694. The highest BCUT2D eigenvalue weighted by molar-refractivity contribution is 7.89. The molecule has 2 atom stereocenters. The van der Waals surface area contributed by atoms with E-state index in [4.69, 9.17) is 0 Å². The molecular weight excluding hydrogens is 326 g/mol. The number of benzene rings is 1. The zero-order chi connectivity index (χ0) is 17.2. The van der Waals surface area contributed by atoms with Crippen molar-refractivity contribution in [2.75, 3.05) is 6.54 Å². The Hall–Kier alpha value is -1.54. The number of halogens is 2. The Balaban J connectivity index is 2.16. The molecule has 1 amide bonds. The first-order valence-corrected chi connectivity index (χ1v) is 8.98. The predicted octanol–water partition coefficient (Wildman–Crippen LogP) is 2.03. The summed E-state index contributed by atoms with van der Waals surface area (Å²) in [4.78, 5) is 13.2. The topological polar surface area (TPSA) is 66.5 Å². The number of piperidine rings is 1. The van der Waals surface area contributed by atoms with Gasteiger partial charge >= 0.3 is 0 Å². The molecule has 128 valence electrons. The molecule has 0 unspecified atom stereocenters. The van der Waals surface area contributed by atoms with Crippen LogP contribution >= 0.6 is 0 Å². The average Bonchev–Trinajstić information content (AvgIpc) is 2.49. The minimum absolute atomic E-state index is 0.0362. The van der Waals surface area contributed by atoms with Gasteiger partial charge in [-0.15, -0.1) is 0 Å². The van der Waals surface area contributed by atoms with E-state index in [-0.39, 0.29) is 11.9 Å². The molecule has 0 saturated carbocycles. The van der Waals surface area contributed by atoms with Crippen molar-refractivity contribution in [3.8, 4) is 0 Å². The molecule has 1 saturated heterocycles. The molecule has 23 heavy (non-hydrogen) atoms. The highest BCUT2D eigenvalue weighted by atomic mass is 32.2. The molecule has 0 radical (unpaired) electrons. The van der Waals surface area contributed by atoms with Crippen LogP contribution in [0.3, 0.4) is 0 Å². The molecule has 8 heteroatoms. The molecule has 2 rings (SSSR count). The van der Waals surface area contributed by atoms with Gasteiger partial charge in [0.25, 0.3) is 0 Å².